The van der Waals surface area contributed by atoms with Gasteiger partial charge in [0.05, 0.1) is 5.56 Å². The first kappa shape index (κ1) is 13.1. The van der Waals surface area contributed by atoms with E-state index in [1.165, 1.54) is 6.07 Å². The van der Waals surface area contributed by atoms with E-state index in [2.05, 4.69) is 12.2 Å². The van der Waals surface area contributed by atoms with Gasteiger partial charge in [-0.05, 0) is 56.2 Å². The van der Waals surface area contributed by atoms with Crippen LogP contribution in [0.25, 0.3) is 0 Å². The van der Waals surface area contributed by atoms with Crippen molar-refractivity contribution in [3.05, 3.63) is 35.1 Å². The van der Waals surface area contributed by atoms with Gasteiger partial charge in [0, 0.05) is 6.04 Å². The van der Waals surface area contributed by atoms with Gasteiger partial charge < -0.3 is 5.32 Å². The maximum absolute atomic E-state index is 13.7. The Morgan fingerprint density at radius 3 is 2.56 bits per heavy atom. The predicted molar refractivity (Wildman–Crippen MR) is 70.0 cm³/mol. The van der Waals surface area contributed by atoms with Crippen molar-refractivity contribution in [1.29, 1.82) is 0 Å². The standard InChI is InChI=1S/C15H20FNO/c1-10-3-6-12(7-4-10)17-15(18)13-8-5-11(2)9-14(13)16/h5,8-10,12H,3-4,6-7H2,1-2H3,(H,17,18). The third kappa shape index (κ3) is 3.09. The second-order valence-electron chi connectivity index (χ2n) is 5.41. The number of aryl methyl sites for hydroxylation is 1. The number of amides is 1. The molecule has 3 heteroatoms. The highest BCUT2D eigenvalue weighted by molar-refractivity contribution is 5.94. The Kier molecular flexibility index (Phi) is 4.00. The predicted octanol–water partition coefficient (Wildman–Crippen LogP) is 3.44. The molecule has 0 spiro atoms. The Morgan fingerprint density at radius 1 is 1.28 bits per heavy atom. The molecule has 0 aromatic heterocycles. The molecule has 1 saturated carbocycles. The normalized spacial score (nSPS) is 23.7. The van der Waals surface area contributed by atoms with Gasteiger partial charge in [-0.15, -0.1) is 0 Å². The molecule has 1 aliphatic carbocycles. The van der Waals surface area contributed by atoms with Crippen molar-refractivity contribution in [2.45, 2.75) is 45.6 Å². The molecule has 18 heavy (non-hydrogen) atoms. The lowest BCUT2D eigenvalue weighted by Gasteiger charge is -2.26. The summed E-state index contributed by atoms with van der Waals surface area (Å²) < 4.78 is 13.7. The number of benzene rings is 1. The van der Waals surface area contributed by atoms with E-state index in [9.17, 15) is 9.18 Å². The summed E-state index contributed by atoms with van der Waals surface area (Å²) in [5.74, 6) is 0.0259. The van der Waals surface area contributed by atoms with Gasteiger partial charge in [0.25, 0.3) is 5.91 Å². The molecule has 1 aromatic rings. The number of hydrogen-bond acceptors (Lipinski definition) is 1. The number of carbonyl (C=O) groups excluding carboxylic acids is 1. The van der Waals surface area contributed by atoms with Crippen molar-refractivity contribution in [3.8, 4) is 0 Å². The lowest BCUT2D eigenvalue weighted by molar-refractivity contribution is 0.0919. The molecule has 0 bridgehead atoms. The topological polar surface area (TPSA) is 29.1 Å². The molecule has 2 rings (SSSR count). The fourth-order valence-corrected chi connectivity index (χ4v) is 2.47. The minimum Gasteiger partial charge on any atom is -0.349 e. The van der Waals surface area contributed by atoms with Gasteiger partial charge >= 0.3 is 0 Å². The molecule has 1 aromatic carbocycles. The van der Waals surface area contributed by atoms with Crippen LogP contribution in [0.4, 0.5) is 4.39 Å². The molecule has 0 aliphatic heterocycles. The second-order valence-corrected chi connectivity index (χ2v) is 5.41. The molecule has 0 radical (unpaired) electrons. The molecule has 1 aliphatic rings. The quantitative estimate of drug-likeness (QED) is 0.854. The first-order chi connectivity index (χ1) is 8.56. The summed E-state index contributed by atoms with van der Waals surface area (Å²) in [6.07, 6.45) is 4.28. The van der Waals surface area contributed by atoms with Crippen LogP contribution in [-0.4, -0.2) is 11.9 Å². The summed E-state index contributed by atoms with van der Waals surface area (Å²) in [4.78, 5) is 12.0. The Morgan fingerprint density at radius 2 is 1.94 bits per heavy atom. The lowest BCUT2D eigenvalue weighted by Crippen LogP contribution is -2.37. The van der Waals surface area contributed by atoms with E-state index in [0.29, 0.717) is 0 Å². The molecular weight excluding hydrogens is 229 g/mol. The van der Waals surface area contributed by atoms with Gasteiger partial charge in [0.1, 0.15) is 5.82 Å². The zero-order valence-electron chi connectivity index (χ0n) is 11.0. The van der Waals surface area contributed by atoms with E-state index in [1.54, 1.807) is 12.1 Å². The molecule has 0 saturated heterocycles. The monoisotopic (exact) mass is 249 g/mol. The summed E-state index contributed by atoms with van der Waals surface area (Å²) in [7, 11) is 0. The van der Waals surface area contributed by atoms with Crippen molar-refractivity contribution < 1.29 is 9.18 Å². The molecule has 2 nitrogen and oxygen atoms in total. The Hall–Kier alpha value is -1.38. The van der Waals surface area contributed by atoms with Crippen LogP contribution >= 0.6 is 0 Å². The molecule has 98 valence electrons. The van der Waals surface area contributed by atoms with Crippen molar-refractivity contribution in [3.63, 3.8) is 0 Å². The van der Waals surface area contributed by atoms with Gasteiger partial charge in [-0.2, -0.15) is 0 Å². The second kappa shape index (κ2) is 5.51. The Balaban J connectivity index is 1.99. The Bertz CT molecular complexity index is 436. The third-order valence-corrected chi connectivity index (χ3v) is 3.72. The van der Waals surface area contributed by atoms with Gasteiger partial charge in [-0.3, -0.25) is 4.79 Å². The van der Waals surface area contributed by atoms with Crippen LogP contribution in [0.5, 0.6) is 0 Å². The van der Waals surface area contributed by atoms with Gasteiger partial charge in [0.15, 0.2) is 0 Å². The summed E-state index contributed by atoms with van der Waals surface area (Å²) in [5, 5.41) is 2.94. The molecule has 1 N–H and O–H groups in total. The largest absolute Gasteiger partial charge is 0.349 e. The summed E-state index contributed by atoms with van der Waals surface area (Å²) in [6, 6.07) is 4.93. The number of rotatable bonds is 2. The maximum Gasteiger partial charge on any atom is 0.254 e. The number of carbonyl (C=O) groups is 1. The van der Waals surface area contributed by atoms with Crippen molar-refractivity contribution >= 4 is 5.91 Å². The highest BCUT2D eigenvalue weighted by atomic mass is 19.1. The van der Waals surface area contributed by atoms with E-state index in [1.807, 2.05) is 6.92 Å². The number of hydrogen-bond donors (Lipinski definition) is 1. The lowest BCUT2D eigenvalue weighted by atomic mass is 9.87. The van der Waals surface area contributed by atoms with Crippen LogP contribution in [0.3, 0.4) is 0 Å². The van der Waals surface area contributed by atoms with E-state index < -0.39 is 5.82 Å². The maximum atomic E-state index is 13.7. The summed E-state index contributed by atoms with van der Waals surface area (Å²) >= 11 is 0. The minimum absolute atomic E-state index is 0.152. The van der Waals surface area contributed by atoms with Crippen molar-refractivity contribution in [2.75, 3.05) is 0 Å². The van der Waals surface area contributed by atoms with Crippen LogP contribution in [-0.2, 0) is 0 Å². The summed E-state index contributed by atoms with van der Waals surface area (Å²) in [6.45, 7) is 4.05. The molecule has 0 heterocycles. The average molecular weight is 249 g/mol. The zero-order valence-corrected chi connectivity index (χ0v) is 11.0. The summed E-state index contributed by atoms with van der Waals surface area (Å²) in [5.41, 5.74) is 0.981. The molecule has 1 fully saturated rings. The zero-order chi connectivity index (χ0) is 13.1. The van der Waals surface area contributed by atoms with Crippen LogP contribution in [0.1, 0.15) is 48.5 Å². The third-order valence-electron chi connectivity index (χ3n) is 3.72. The van der Waals surface area contributed by atoms with E-state index in [0.717, 1.165) is 37.2 Å². The fraction of sp³-hybridized carbons (Fsp3) is 0.533. The number of halogens is 1. The molecule has 0 unspecified atom stereocenters. The van der Waals surface area contributed by atoms with Crippen LogP contribution in [0.15, 0.2) is 18.2 Å². The molecular formula is C15H20FNO. The van der Waals surface area contributed by atoms with Gasteiger partial charge in [0.2, 0.25) is 0 Å². The van der Waals surface area contributed by atoms with Crippen LogP contribution in [0.2, 0.25) is 0 Å². The fourth-order valence-electron chi connectivity index (χ4n) is 2.47. The van der Waals surface area contributed by atoms with E-state index in [4.69, 9.17) is 0 Å². The highest BCUT2D eigenvalue weighted by Crippen LogP contribution is 2.23. The highest BCUT2D eigenvalue weighted by Gasteiger charge is 2.21. The van der Waals surface area contributed by atoms with Crippen LogP contribution in [0, 0.1) is 18.7 Å². The average Bonchev–Trinajstić information content (AvgIpc) is 2.32. The number of nitrogens with one attached hydrogen (secondary N) is 1. The molecule has 0 atom stereocenters. The minimum atomic E-state index is -0.434. The van der Waals surface area contributed by atoms with E-state index >= 15 is 0 Å². The van der Waals surface area contributed by atoms with Crippen LogP contribution < -0.4 is 5.32 Å². The van der Waals surface area contributed by atoms with E-state index in [-0.39, 0.29) is 17.5 Å². The first-order valence-electron chi connectivity index (χ1n) is 6.63. The Labute approximate surface area is 108 Å². The SMILES string of the molecule is Cc1ccc(C(=O)NC2CCC(C)CC2)c(F)c1. The van der Waals surface area contributed by atoms with Crippen molar-refractivity contribution in [1.82, 2.24) is 5.32 Å². The van der Waals surface area contributed by atoms with Gasteiger partial charge in [-0.1, -0.05) is 13.0 Å². The van der Waals surface area contributed by atoms with Crippen molar-refractivity contribution in [2.24, 2.45) is 5.92 Å². The smallest absolute Gasteiger partial charge is 0.254 e. The molecule has 1 amide bonds. The first-order valence-corrected chi connectivity index (χ1v) is 6.63. The van der Waals surface area contributed by atoms with Gasteiger partial charge in [-0.25, -0.2) is 4.39 Å².